The van der Waals surface area contributed by atoms with Crippen molar-refractivity contribution in [2.24, 2.45) is 11.8 Å². The Labute approximate surface area is 122 Å². The number of hydrogen-bond donors (Lipinski definition) is 2. The summed E-state index contributed by atoms with van der Waals surface area (Å²) in [5, 5.41) is 13.1. The zero-order valence-corrected chi connectivity index (χ0v) is 12.9. The van der Waals surface area contributed by atoms with E-state index in [9.17, 15) is 5.11 Å². The highest BCUT2D eigenvalue weighted by Crippen LogP contribution is 2.17. The first-order valence-electron chi connectivity index (χ1n) is 7.18. The SMILES string of the molecule is COc1ccc(OCC(O)CNCC(C)C(C)C)cc1. The number of aliphatic hydroxyl groups is 1. The monoisotopic (exact) mass is 281 g/mol. The van der Waals surface area contributed by atoms with Crippen LogP contribution in [0.1, 0.15) is 20.8 Å². The summed E-state index contributed by atoms with van der Waals surface area (Å²) in [6, 6.07) is 7.34. The molecule has 0 aromatic heterocycles. The van der Waals surface area contributed by atoms with Gasteiger partial charge in [0.25, 0.3) is 0 Å². The first kappa shape index (κ1) is 16.8. The van der Waals surface area contributed by atoms with Crippen LogP contribution in [0, 0.1) is 11.8 Å². The average molecular weight is 281 g/mol. The van der Waals surface area contributed by atoms with Crippen LogP contribution in [0.2, 0.25) is 0 Å². The molecule has 0 saturated carbocycles. The summed E-state index contributed by atoms with van der Waals surface area (Å²) in [7, 11) is 1.63. The molecule has 2 unspecified atom stereocenters. The Bertz CT molecular complexity index is 364. The number of nitrogens with one attached hydrogen (secondary N) is 1. The quantitative estimate of drug-likeness (QED) is 0.729. The van der Waals surface area contributed by atoms with Crippen molar-refractivity contribution in [1.82, 2.24) is 5.32 Å². The van der Waals surface area contributed by atoms with Gasteiger partial charge in [-0.05, 0) is 42.6 Å². The maximum Gasteiger partial charge on any atom is 0.119 e. The number of aliphatic hydroxyl groups excluding tert-OH is 1. The molecule has 114 valence electrons. The van der Waals surface area contributed by atoms with Gasteiger partial charge in [-0.3, -0.25) is 0 Å². The van der Waals surface area contributed by atoms with E-state index in [1.807, 2.05) is 24.3 Å². The van der Waals surface area contributed by atoms with E-state index in [4.69, 9.17) is 9.47 Å². The Hall–Kier alpha value is -1.26. The molecule has 0 aliphatic carbocycles. The van der Waals surface area contributed by atoms with Crippen molar-refractivity contribution < 1.29 is 14.6 Å². The number of benzene rings is 1. The fraction of sp³-hybridized carbons (Fsp3) is 0.625. The van der Waals surface area contributed by atoms with Crippen LogP contribution in [0.15, 0.2) is 24.3 Å². The fourth-order valence-electron chi connectivity index (χ4n) is 1.64. The van der Waals surface area contributed by atoms with E-state index in [0.29, 0.717) is 18.4 Å². The highest BCUT2D eigenvalue weighted by Gasteiger charge is 2.09. The first-order chi connectivity index (χ1) is 9.52. The van der Waals surface area contributed by atoms with Gasteiger partial charge in [-0.2, -0.15) is 0 Å². The van der Waals surface area contributed by atoms with E-state index >= 15 is 0 Å². The Morgan fingerprint density at radius 1 is 1.05 bits per heavy atom. The van der Waals surface area contributed by atoms with Crippen LogP contribution in [0.5, 0.6) is 11.5 Å². The maximum atomic E-state index is 9.85. The minimum atomic E-state index is -0.503. The molecule has 20 heavy (non-hydrogen) atoms. The summed E-state index contributed by atoms with van der Waals surface area (Å²) in [4.78, 5) is 0. The lowest BCUT2D eigenvalue weighted by Gasteiger charge is -2.18. The molecule has 2 N–H and O–H groups in total. The van der Waals surface area contributed by atoms with Gasteiger partial charge in [0.2, 0.25) is 0 Å². The molecule has 0 bridgehead atoms. The number of hydrogen-bond acceptors (Lipinski definition) is 4. The van der Waals surface area contributed by atoms with Crippen LogP contribution in [0.25, 0.3) is 0 Å². The van der Waals surface area contributed by atoms with E-state index in [-0.39, 0.29) is 6.61 Å². The maximum absolute atomic E-state index is 9.85. The molecular formula is C16H27NO3. The van der Waals surface area contributed by atoms with Gasteiger partial charge in [-0.1, -0.05) is 20.8 Å². The molecule has 4 heteroatoms. The Balaban J connectivity index is 2.20. The van der Waals surface area contributed by atoms with E-state index in [0.717, 1.165) is 18.0 Å². The molecule has 4 nitrogen and oxygen atoms in total. The Morgan fingerprint density at radius 2 is 1.65 bits per heavy atom. The minimum Gasteiger partial charge on any atom is -0.497 e. The smallest absolute Gasteiger partial charge is 0.119 e. The summed E-state index contributed by atoms with van der Waals surface area (Å²) >= 11 is 0. The van der Waals surface area contributed by atoms with E-state index in [2.05, 4.69) is 26.1 Å². The van der Waals surface area contributed by atoms with Crippen LogP contribution in [-0.2, 0) is 0 Å². The molecule has 0 heterocycles. The Morgan fingerprint density at radius 3 is 2.20 bits per heavy atom. The van der Waals surface area contributed by atoms with Crippen molar-refractivity contribution in [3.8, 4) is 11.5 Å². The lowest BCUT2D eigenvalue weighted by Crippen LogP contribution is -2.34. The topological polar surface area (TPSA) is 50.7 Å². The molecule has 0 fully saturated rings. The predicted octanol–water partition coefficient (Wildman–Crippen LogP) is 2.32. The number of ether oxygens (including phenoxy) is 2. The normalized spacial score (nSPS) is 14.1. The van der Waals surface area contributed by atoms with Gasteiger partial charge in [0.15, 0.2) is 0 Å². The molecule has 2 atom stereocenters. The molecule has 0 saturated heterocycles. The molecule has 0 spiro atoms. The highest BCUT2D eigenvalue weighted by atomic mass is 16.5. The van der Waals surface area contributed by atoms with Crippen molar-refractivity contribution >= 4 is 0 Å². The van der Waals surface area contributed by atoms with Gasteiger partial charge in [0, 0.05) is 6.54 Å². The Kier molecular flexibility index (Phi) is 7.41. The number of rotatable bonds is 9. The summed E-state index contributed by atoms with van der Waals surface area (Å²) in [5.74, 6) is 2.78. The fourth-order valence-corrected chi connectivity index (χ4v) is 1.64. The second-order valence-electron chi connectivity index (χ2n) is 5.52. The summed E-state index contributed by atoms with van der Waals surface area (Å²) in [6.07, 6.45) is -0.503. The lowest BCUT2D eigenvalue weighted by atomic mass is 9.98. The van der Waals surface area contributed by atoms with Crippen LogP contribution in [0.4, 0.5) is 0 Å². The summed E-state index contributed by atoms with van der Waals surface area (Å²) < 4.78 is 10.6. The standard InChI is InChI=1S/C16H27NO3/c1-12(2)13(3)9-17-10-14(18)11-20-16-7-5-15(19-4)6-8-16/h5-8,12-14,17-18H,9-11H2,1-4H3. The largest absolute Gasteiger partial charge is 0.497 e. The van der Waals surface area contributed by atoms with E-state index in [1.54, 1.807) is 7.11 Å². The molecular weight excluding hydrogens is 254 g/mol. The molecule has 1 aromatic carbocycles. The van der Waals surface area contributed by atoms with Crippen LogP contribution in [0.3, 0.4) is 0 Å². The van der Waals surface area contributed by atoms with E-state index in [1.165, 1.54) is 0 Å². The van der Waals surface area contributed by atoms with Crippen molar-refractivity contribution in [2.75, 3.05) is 26.8 Å². The van der Waals surface area contributed by atoms with Crippen LogP contribution < -0.4 is 14.8 Å². The van der Waals surface area contributed by atoms with Crippen molar-refractivity contribution in [3.63, 3.8) is 0 Å². The van der Waals surface area contributed by atoms with Crippen molar-refractivity contribution in [1.29, 1.82) is 0 Å². The third kappa shape index (κ3) is 6.26. The number of methoxy groups -OCH3 is 1. The molecule has 0 radical (unpaired) electrons. The molecule has 0 amide bonds. The van der Waals surface area contributed by atoms with Crippen LogP contribution in [-0.4, -0.2) is 38.0 Å². The molecule has 0 aliphatic rings. The van der Waals surface area contributed by atoms with E-state index < -0.39 is 6.10 Å². The first-order valence-corrected chi connectivity index (χ1v) is 7.18. The van der Waals surface area contributed by atoms with Gasteiger partial charge in [0.1, 0.15) is 24.2 Å². The van der Waals surface area contributed by atoms with Gasteiger partial charge >= 0.3 is 0 Å². The summed E-state index contributed by atoms with van der Waals surface area (Å²) in [5.41, 5.74) is 0. The zero-order chi connectivity index (χ0) is 15.0. The zero-order valence-electron chi connectivity index (χ0n) is 12.9. The minimum absolute atomic E-state index is 0.287. The predicted molar refractivity (Wildman–Crippen MR) is 81.4 cm³/mol. The molecule has 1 rings (SSSR count). The third-order valence-electron chi connectivity index (χ3n) is 3.49. The lowest BCUT2D eigenvalue weighted by molar-refractivity contribution is 0.105. The highest BCUT2D eigenvalue weighted by molar-refractivity contribution is 5.31. The van der Waals surface area contributed by atoms with Crippen LogP contribution >= 0.6 is 0 Å². The molecule has 1 aromatic rings. The third-order valence-corrected chi connectivity index (χ3v) is 3.49. The second-order valence-corrected chi connectivity index (χ2v) is 5.52. The van der Waals surface area contributed by atoms with Gasteiger partial charge in [-0.15, -0.1) is 0 Å². The van der Waals surface area contributed by atoms with Crippen molar-refractivity contribution in [2.45, 2.75) is 26.9 Å². The van der Waals surface area contributed by atoms with Gasteiger partial charge < -0.3 is 19.9 Å². The summed E-state index contributed by atoms with van der Waals surface area (Å²) in [6.45, 7) is 8.36. The second kappa shape index (κ2) is 8.82. The van der Waals surface area contributed by atoms with Crippen molar-refractivity contribution in [3.05, 3.63) is 24.3 Å². The average Bonchev–Trinajstić information content (AvgIpc) is 2.45. The van der Waals surface area contributed by atoms with Gasteiger partial charge in [0.05, 0.1) is 7.11 Å². The van der Waals surface area contributed by atoms with Gasteiger partial charge in [-0.25, -0.2) is 0 Å². The molecule has 0 aliphatic heterocycles.